The summed E-state index contributed by atoms with van der Waals surface area (Å²) in [5.74, 6) is 1.63. The molecule has 0 aliphatic rings. The highest BCUT2D eigenvalue weighted by atomic mass is 32.1. The number of benzene rings is 3. The van der Waals surface area contributed by atoms with Crippen molar-refractivity contribution in [3.8, 4) is 11.5 Å². The molecule has 0 saturated carbocycles. The summed E-state index contributed by atoms with van der Waals surface area (Å²) in [6.45, 7) is 5.04. The van der Waals surface area contributed by atoms with Gasteiger partial charge in [-0.15, -0.1) is 0 Å². The molecule has 2 heterocycles. The van der Waals surface area contributed by atoms with Gasteiger partial charge in [-0.25, -0.2) is 9.38 Å². The zero-order chi connectivity index (χ0) is 22.1. The molecular formula is C26H22N2O3S. The quantitative estimate of drug-likeness (QED) is 0.363. The minimum atomic E-state index is -0.0393. The highest BCUT2D eigenvalue weighted by Gasteiger charge is 2.10. The minimum absolute atomic E-state index is 0.0393. The van der Waals surface area contributed by atoms with Crippen LogP contribution in [0.15, 0.2) is 71.5 Å². The number of imidazole rings is 1. The molecule has 0 unspecified atom stereocenters. The van der Waals surface area contributed by atoms with Gasteiger partial charge in [-0.2, -0.15) is 0 Å². The van der Waals surface area contributed by atoms with E-state index in [1.54, 1.807) is 4.40 Å². The lowest BCUT2D eigenvalue weighted by molar-refractivity contribution is 0.217. The second-order valence-electron chi connectivity index (χ2n) is 7.72. The Kier molecular flexibility index (Phi) is 5.37. The van der Waals surface area contributed by atoms with Crippen molar-refractivity contribution in [1.29, 1.82) is 0 Å². The Morgan fingerprint density at radius 1 is 0.906 bits per heavy atom. The van der Waals surface area contributed by atoms with Gasteiger partial charge < -0.3 is 9.47 Å². The monoisotopic (exact) mass is 442 g/mol. The Hall–Kier alpha value is -3.64. The molecule has 5 rings (SSSR count). The number of thiazole rings is 1. The van der Waals surface area contributed by atoms with Crippen LogP contribution in [0.2, 0.25) is 0 Å². The molecule has 6 heteroatoms. The largest absolute Gasteiger partial charge is 0.490 e. The molecule has 5 nitrogen and oxygen atoms in total. The van der Waals surface area contributed by atoms with Crippen LogP contribution >= 0.6 is 11.3 Å². The van der Waals surface area contributed by atoms with Crippen LogP contribution < -0.4 is 19.6 Å². The molecule has 0 spiro atoms. The lowest BCUT2D eigenvalue weighted by Gasteiger charge is -2.10. The summed E-state index contributed by atoms with van der Waals surface area (Å²) in [7, 11) is 0. The molecule has 5 aromatic rings. The maximum absolute atomic E-state index is 12.9. The fourth-order valence-corrected chi connectivity index (χ4v) is 4.75. The summed E-state index contributed by atoms with van der Waals surface area (Å²) in [4.78, 5) is 18.1. The first-order chi connectivity index (χ1) is 15.6. The van der Waals surface area contributed by atoms with E-state index in [2.05, 4.69) is 24.9 Å². The fraction of sp³-hybridized carbons (Fsp3) is 0.154. The normalized spacial score (nSPS) is 12.0. The van der Waals surface area contributed by atoms with Crippen LogP contribution in [0.25, 0.3) is 22.1 Å². The maximum atomic E-state index is 12.9. The molecule has 2 aromatic heterocycles. The highest BCUT2D eigenvalue weighted by molar-refractivity contribution is 7.15. The Morgan fingerprint density at radius 2 is 1.59 bits per heavy atom. The molecular weight excluding hydrogens is 420 g/mol. The maximum Gasteiger partial charge on any atom is 0.274 e. The molecule has 0 bridgehead atoms. The highest BCUT2D eigenvalue weighted by Crippen LogP contribution is 2.18. The summed E-state index contributed by atoms with van der Waals surface area (Å²) < 4.78 is 13.9. The van der Waals surface area contributed by atoms with E-state index < -0.39 is 0 Å². The first-order valence-electron chi connectivity index (χ1n) is 10.4. The van der Waals surface area contributed by atoms with Crippen molar-refractivity contribution < 1.29 is 9.47 Å². The molecule has 0 saturated heterocycles. The van der Waals surface area contributed by atoms with E-state index in [4.69, 9.17) is 9.47 Å². The first-order valence-corrected chi connectivity index (χ1v) is 11.2. The summed E-state index contributed by atoms with van der Waals surface area (Å²) in [5, 5.41) is 0. The SMILES string of the molecule is Cc1cc(C)cc(OCCOc2ccc(C=c3sc4nc5ccccc5n4c3=O)cc2)c1. The molecule has 0 aliphatic heterocycles. The molecule has 160 valence electrons. The van der Waals surface area contributed by atoms with Gasteiger partial charge >= 0.3 is 0 Å². The Balaban J connectivity index is 1.26. The van der Waals surface area contributed by atoms with Crippen LogP contribution in [-0.2, 0) is 0 Å². The molecule has 32 heavy (non-hydrogen) atoms. The van der Waals surface area contributed by atoms with Crippen LogP contribution in [0.1, 0.15) is 16.7 Å². The first kappa shape index (κ1) is 20.3. The van der Waals surface area contributed by atoms with Crippen LogP contribution in [0, 0.1) is 13.8 Å². The third-order valence-electron chi connectivity index (χ3n) is 5.14. The summed E-state index contributed by atoms with van der Waals surface area (Å²) in [5.41, 5.74) is 4.94. The lowest BCUT2D eigenvalue weighted by atomic mass is 10.1. The van der Waals surface area contributed by atoms with Gasteiger partial charge in [0.05, 0.1) is 15.6 Å². The standard InChI is InChI=1S/C26H22N2O3S/c1-17-13-18(2)15-21(14-17)31-12-11-30-20-9-7-19(8-10-20)16-24-25(29)28-23-6-4-3-5-22(23)27-26(28)32-24/h3-10,13-16H,11-12H2,1-2H3. The third kappa shape index (κ3) is 4.09. The average Bonchev–Trinajstić information content (AvgIpc) is 3.28. The van der Waals surface area contributed by atoms with E-state index in [-0.39, 0.29) is 5.56 Å². The Bertz CT molecular complexity index is 1500. The van der Waals surface area contributed by atoms with Crippen molar-refractivity contribution in [2.24, 2.45) is 0 Å². The Labute approximate surface area is 189 Å². The average molecular weight is 443 g/mol. The van der Waals surface area contributed by atoms with E-state index in [1.165, 1.54) is 22.5 Å². The number of hydrogen-bond acceptors (Lipinski definition) is 5. The Morgan fingerprint density at radius 3 is 2.34 bits per heavy atom. The van der Waals surface area contributed by atoms with Gasteiger partial charge in [-0.05, 0) is 73.0 Å². The number of fused-ring (bicyclic) bond motifs is 3. The lowest BCUT2D eigenvalue weighted by Crippen LogP contribution is -2.22. The number of nitrogens with zero attached hydrogens (tertiary/aromatic N) is 2. The summed E-state index contributed by atoms with van der Waals surface area (Å²) >= 11 is 1.40. The minimum Gasteiger partial charge on any atom is -0.490 e. The summed E-state index contributed by atoms with van der Waals surface area (Å²) in [6.07, 6.45) is 1.89. The zero-order valence-electron chi connectivity index (χ0n) is 17.9. The van der Waals surface area contributed by atoms with Gasteiger partial charge in [0.1, 0.15) is 24.7 Å². The predicted molar refractivity (Wildman–Crippen MR) is 129 cm³/mol. The van der Waals surface area contributed by atoms with E-state index in [0.717, 1.165) is 28.1 Å². The number of para-hydroxylation sites is 2. The number of ether oxygens (including phenoxy) is 2. The third-order valence-corrected chi connectivity index (χ3v) is 6.11. The second kappa shape index (κ2) is 8.48. The van der Waals surface area contributed by atoms with Crippen molar-refractivity contribution in [2.75, 3.05) is 13.2 Å². The fourth-order valence-electron chi connectivity index (χ4n) is 3.76. The van der Waals surface area contributed by atoms with Gasteiger partial charge in [0.15, 0.2) is 4.96 Å². The van der Waals surface area contributed by atoms with Gasteiger partial charge in [-0.1, -0.05) is 41.7 Å². The molecule has 3 aromatic carbocycles. The number of aryl methyl sites for hydroxylation is 2. The van der Waals surface area contributed by atoms with E-state index in [9.17, 15) is 4.79 Å². The van der Waals surface area contributed by atoms with Crippen molar-refractivity contribution in [3.05, 3.63) is 98.3 Å². The van der Waals surface area contributed by atoms with Crippen molar-refractivity contribution in [2.45, 2.75) is 13.8 Å². The van der Waals surface area contributed by atoms with Crippen LogP contribution in [0.3, 0.4) is 0 Å². The van der Waals surface area contributed by atoms with Crippen LogP contribution in [-0.4, -0.2) is 22.6 Å². The predicted octanol–water partition coefficient (Wildman–Crippen LogP) is 4.53. The number of hydrogen-bond donors (Lipinski definition) is 0. The second-order valence-corrected chi connectivity index (χ2v) is 8.73. The van der Waals surface area contributed by atoms with Gasteiger partial charge in [-0.3, -0.25) is 4.79 Å². The van der Waals surface area contributed by atoms with Gasteiger partial charge in [0.25, 0.3) is 5.56 Å². The van der Waals surface area contributed by atoms with Crippen molar-refractivity contribution in [3.63, 3.8) is 0 Å². The van der Waals surface area contributed by atoms with Crippen LogP contribution in [0.4, 0.5) is 0 Å². The molecule has 0 fully saturated rings. The van der Waals surface area contributed by atoms with Gasteiger partial charge in [0.2, 0.25) is 0 Å². The smallest absolute Gasteiger partial charge is 0.274 e. The van der Waals surface area contributed by atoms with Gasteiger partial charge in [0, 0.05) is 0 Å². The van der Waals surface area contributed by atoms with Crippen molar-refractivity contribution in [1.82, 2.24) is 9.38 Å². The molecule has 0 radical (unpaired) electrons. The van der Waals surface area contributed by atoms with E-state index >= 15 is 0 Å². The molecule has 0 atom stereocenters. The van der Waals surface area contributed by atoms with Crippen molar-refractivity contribution >= 4 is 33.4 Å². The summed E-state index contributed by atoms with van der Waals surface area (Å²) in [6, 6.07) is 21.5. The molecule has 0 N–H and O–H groups in total. The van der Waals surface area contributed by atoms with Crippen LogP contribution in [0.5, 0.6) is 11.5 Å². The molecule has 0 amide bonds. The number of aromatic nitrogens is 2. The zero-order valence-corrected chi connectivity index (χ0v) is 18.7. The van der Waals surface area contributed by atoms with E-state index in [1.807, 2.05) is 66.7 Å². The van der Waals surface area contributed by atoms with E-state index in [0.29, 0.717) is 22.7 Å². The topological polar surface area (TPSA) is 52.8 Å². The number of rotatable bonds is 6. The molecule has 0 aliphatic carbocycles.